The predicted octanol–water partition coefficient (Wildman–Crippen LogP) is 2.91. The van der Waals surface area contributed by atoms with Gasteiger partial charge in [0.2, 0.25) is 11.8 Å². The van der Waals surface area contributed by atoms with Crippen LogP contribution >= 0.6 is 15.9 Å². The van der Waals surface area contributed by atoms with Gasteiger partial charge in [0.1, 0.15) is 0 Å². The number of nitro benzene ring substituents is 1. The molecular formula is C17H13BrN2O4. The van der Waals surface area contributed by atoms with Crippen LogP contribution in [0.3, 0.4) is 0 Å². The van der Waals surface area contributed by atoms with Crippen LogP contribution in [0.2, 0.25) is 0 Å². The van der Waals surface area contributed by atoms with E-state index in [0.717, 1.165) is 6.42 Å². The number of imide groups is 1. The molecule has 7 heteroatoms. The Morgan fingerprint density at radius 2 is 1.67 bits per heavy atom. The smallest absolute Gasteiger partial charge is 0.270 e. The molecular weight excluding hydrogens is 376 g/mol. The van der Waals surface area contributed by atoms with Gasteiger partial charge in [-0.2, -0.15) is 0 Å². The second kappa shape index (κ2) is 4.53. The predicted molar refractivity (Wildman–Crippen MR) is 88.0 cm³/mol. The number of benzene rings is 1. The van der Waals surface area contributed by atoms with Gasteiger partial charge in [0.15, 0.2) is 0 Å². The van der Waals surface area contributed by atoms with E-state index >= 15 is 0 Å². The van der Waals surface area contributed by atoms with E-state index in [1.807, 2.05) is 0 Å². The third kappa shape index (κ3) is 1.65. The minimum Gasteiger partial charge on any atom is -0.274 e. The zero-order valence-electron chi connectivity index (χ0n) is 12.5. The van der Waals surface area contributed by atoms with Gasteiger partial charge in [-0.25, -0.2) is 4.90 Å². The summed E-state index contributed by atoms with van der Waals surface area (Å²) in [6.45, 7) is 0. The van der Waals surface area contributed by atoms with Crippen molar-refractivity contribution in [1.29, 1.82) is 0 Å². The number of anilines is 1. The first-order valence-corrected chi connectivity index (χ1v) is 8.78. The molecule has 0 N–H and O–H groups in total. The molecule has 1 aromatic carbocycles. The summed E-state index contributed by atoms with van der Waals surface area (Å²) in [5.41, 5.74) is 0.322. The first-order chi connectivity index (χ1) is 11.5. The van der Waals surface area contributed by atoms with Gasteiger partial charge in [-0.1, -0.05) is 12.2 Å². The van der Waals surface area contributed by atoms with E-state index < -0.39 is 4.92 Å². The van der Waals surface area contributed by atoms with Gasteiger partial charge in [-0.15, -0.1) is 0 Å². The number of carbonyl (C=O) groups excluding carboxylic acids is 2. The number of nitro groups is 1. The zero-order valence-corrected chi connectivity index (χ0v) is 14.0. The quantitative estimate of drug-likeness (QED) is 0.337. The summed E-state index contributed by atoms with van der Waals surface area (Å²) >= 11 is 3.28. The number of non-ortho nitro benzene ring substituents is 1. The Bertz CT molecular complexity index is 815. The molecule has 2 bridgehead atoms. The minimum atomic E-state index is -0.500. The number of halogens is 1. The van der Waals surface area contributed by atoms with E-state index in [0.29, 0.717) is 22.0 Å². The van der Waals surface area contributed by atoms with E-state index in [1.165, 1.54) is 23.1 Å². The van der Waals surface area contributed by atoms with Crippen molar-refractivity contribution in [2.75, 3.05) is 4.90 Å². The second-order valence-electron chi connectivity index (χ2n) is 7.06. The van der Waals surface area contributed by atoms with Gasteiger partial charge < -0.3 is 0 Å². The fraction of sp³-hybridized carbons (Fsp3) is 0.412. The average molecular weight is 389 g/mol. The fourth-order valence-electron chi connectivity index (χ4n) is 4.99. The van der Waals surface area contributed by atoms with Crippen LogP contribution in [0.15, 0.2) is 34.8 Å². The van der Waals surface area contributed by atoms with Crippen molar-refractivity contribution in [3.8, 4) is 0 Å². The maximum absolute atomic E-state index is 13.0. The van der Waals surface area contributed by atoms with Crippen LogP contribution in [0.25, 0.3) is 0 Å². The normalized spacial score (nSPS) is 38.3. The Morgan fingerprint density at radius 1 is 1.08 bits per heavy atom. The summed E-state index contributed by atoms with van der Waals surface area (Å²) in [4.78, 5) is 37.6. The number of rotatable bonds is 2. The third-order valence-corrected chi connectivity index (χ3v) is 6.68. The van der Waals surface area contributed by atoms with Crippen molar-refractivity contribution < 1.29 is 14.5 Å². The molecule has 0 spiro atoms. The Hall–Kier alpha value is -2.02. The van der Waals surface area contributed by atoms with Gasteiger partial charge in [0.05, 0.1) is 22.4 Å². The Morgan fingerprint density at radius 3 is 2.17 bits per heavy atom. The highest BCUT2D eigenvalue weighted by Crippen LogP contribution is 2.65. The molecule has 1 aliphatic heterocycles. The summed E-state index contributed by atoms with van der Waals surface area (Å²) in [6, 6.07) is 4.14. The number of amides is 2. The van der Waals surface area contributed by atoms with Crippen molar-refractivity contribution in [1.82, 2.24) is 0 Å². The molecule has 6 rings (SSSR count). The first-order valence-electron chi connectivity index (χ1n) is 7.99. The van der Waals surface area contributed by atoms with Crippen LogP contribution in [0.5, 0.6) is 0 Å². The summed E-state index contributed by atoms with van der Waals surface area (Å²) in [5.74, 6) is 0.591. The van der Waals surface area contributed by atoms with E-state index in [1.54, 1.807) is 0 Å². The van der Waals surface area contributed by atoms with E-state index in [9.17, 15) is 19.7 Å². The molecule has 1 aromatic rings. The molecule has 6 nitrogen and oxygen atoms in total. The molecule has 3 fully saturated rings. The molecule has 0 radical (unpaired) electrons. The Balaban J connectivity index is 1.56. The highest BCUT2D eigenvalue weighted by atomic mass is 79.9. The van der Waals surface area contributed by atoms with Crippen LogP contribution in [0, 0.1) is 45.6 Å². The van der Waals surface area contributed by atoms with Gasteiger partial charge >= 0.3 is 0 Å². The van der Waals surface area contributed by atoms with Crippen LogP contribution in [0.1, 0.15) is 6.42 Å². The van der Waals surface area contributed by atoms with Crippen molar-refractivity contribution in [3.63, 3.8) is 0 Å². The molecule has 122 valence electrons. The molecule has 2 amide bonds. The number of nitrogens with zero attached hydrogens (tertiary/aromatic N) is 2. The maximum atomic E-state index is 13.0. The largest absolute Gasteiger partial charge is 0.274 e. The highest BCUT2D eigenvalue weighted by Gasteiger charge is 2.67. The number of allylic oxidation sites excluding steroid dienone is 2. The zero-order chi connectivity index (χ0) is 16.7. The lowest BCUT2D eigenvalue weighted by Gasteiger charge is -2.37. The molecule has 2 saturated carbocycles. The van der Waals surface area contributed by atoms with Crippen LogP contribution < -0.4 is 4.90 Å². The molecule has 6 atom stereocenters. The molecule has 5 aliphatic rings. The van der Waals surface area contributed by atoms with Crippen molar-refractivity contribution >= 4 is 39.1 Å². The lowest BCUT2D eigenvalue weighted by Crippen LogP contribution is -2.40. The fourth-order valence-corrected chi connectivity index (χ4v) is 5.53. The Kier molecular flexibility index (Phi) is 2.71. The summed E-state index contributed by atoms with van der Waals surface area (Å²) in [7, 11) is 0. The van der Waals surface area contributed by atoms with Gasteiger partial charge in [0, 0.05) is 16.6 Å². The molecule has 6 unspecified atom stereocenters. The molecule has 24 heavy (non-hydrogen) atoms. The van der Waals surface area contributed by atoms with Crippen LogP contribution in [-0.4, -0.2) is 16.7 Å². The van der Waals surface area contributed by atoms with Crippen molar-refractivity contribution in [3.05, 3.63) is 44.9 Å². The van der Waals surface area contributed by atoms with E-state index in [2.05, 4.69) is 28.1 Å². The third-order valence-electron chi connectivity index (χ3n) is 6.05. The summed E-state index contributed by atoms with van der Waals surface area (Å²) in [5, 5.41) is 10.9. The summed E-state index contributed by atoms with van der Waals surface area (Å²) < 4.78 is 0.391. The number of hydrogen-bond acceptors (Lipinski definition) is 4. The lowest BCUT2D eigenvalue weighted by molar-refractivity contribution is -0.384. The first kappa shape index (κ1) is 14.3. The standard InChI is InChI=1S/C17H13BrN2O4/c18-12-5-7(20(23)24)1-4-13(12)19-16(21)14-8-2-3-9(11-6-10(8)11)15(14)17(19)22/h1-5,8-11,14-15H,6H2. The van der Waals surface area contributed by atoms with Crippen LogP contribution in [-0.2, 0) is 9.59 Å². The summed E-state index contributed by atoms with van der Waals surface area (Å²) in [6.07, 6.45) is 5.37. The molecule has 1 heterocycles. The Labute approximate surface area is 145 Å². The lowest BCUT2D eigenvalue weighted by atomic mass is 9.63. The van der Waals surface area contributed by atoms with Crippen LogP contribution in [0.4, 0.5) is 11.4 Å². The number of hydrogen-bond donors (Lipinski definition) is 0. The van der Waals surface area contributed by atoms with Gasteiger partial charge in [-0.05, 0) is 52.1 Å². The molecule has 1 saturated heterocycles. The van der Waals surface area contributed by atoms with Crippen molar-refractivity contribution in [2.45, 2.75) is 6.42 Å². The maximum Gasteiger partial charge on any atom is 0.270 e. The van der Waals surface area contributed by atoms with Crippen molar-refractivity contribution in [2.24, 2.45) is 35.5 Å². The molecule has 0 aromatic heterocycles. The number of carbonyl (C=O) groups is 2. The van der Waals surface area contributed by atoms with Gasteiger partial charge in [-0.3, -0.25) is 19.7 Å². The SMILES string of the molecule is O=C1C2C3C=CC(C4CC34)C2C(=O)N1c1ccc([N+](=O)[O-])cc1Br. The second-order valence-corrected chi connectivity index (χ2v) is 7.91. The van der Waals surface area contributed by atoms with E-state index in [4.69, 9.17) is 0 Å². The van der Waals surface area contributed by atoms with Gasteiger partial charge in [0.25, 0.3) is 5.69 Å². The monoisotopic (exact) mass is 388 g/mol. The van der Waals surface area contributed by atoms with E-state index in [-0.39, 0.29) is 41.2 Å². The average Bonchev–Trinajstić information content (AvgIpc) is 3.33. The minimum absolute atomic E-state index is 0.0786. The highest BCUT2D eigenvalue weighted by molar-refractivity contribution is 9.10. The molecule has 4 aliphatic carbocycles. The topological polar surface area (TPSA) is 80.5 Å².